The first-order valence-corrected chi connectivity index (χ1v) is 9.98. The Morgan fingerprint density at radius 3 is 2.48 bits per heavy atom. The Labute approximate surface area is 180 Å². The van der Waals surface area contributed by atoms with Gasteiger partial charge < -0.3 is 9.47 Å². The number of hydrogen-bond donors (Lipinski definition) is 1. The summed E-state index contributed by atoms with van der Waals surface area (Å²) in [5.74, 6) is 0.652. The summed E-state index contributed by atoms with van der Waals surface area (Å²) in [7, 11) is 3.14. The van der Waals surface area contributed by atoms with Crippen molar-refractivity contribution in [2.24, 2.45) is 5.10 Å². The molecule has 3 aromatic carbocycles. The monoisotopic (exact) mass is 417 g/mol. The van der Waals surface area contributed by atoms with E-state index in [4.69, 9.17) is 9.47 Å². The van der Waals surface area contributed by atoms with Gasteiger partial charge >= 0.3 is 0 Å². The molecule has 0 saturated heterocycles. The summed E-state index contributed by atoms with van der Waals surface area (Å²) in [6, 6.07) is 16.8. The molecule has 0 atom stereocenters. The molecule has 0 spiro atoms. The third-order valence-electron chi connectivity index (χ3n) is 5.32. The van der Waals surface area contributed by atoms with Gasteiger partial charge in [0.05, 0.1) is 25.6 Å². The molecular formula is C24H23N3O4. The Hall–Kier alpha value is -3.87. The Bertz CT molecular complexity index is 1200. The molecule has 0 fully saturated rings. The lowest BCUT2D eigenvalue weighted by Gasteiger charge is -2.16. The number of carbonyl (C=O) groups excluding carboxylic acids is 2. The average molecular weight is 417 g/mol. The van der Waals surface area contributed by atoms with Gasteiger partial charge in [-0.3, -0.25) is 14.5 Å². The van der Waals surface area contributed by atoms with E-state index in [0.717, 1.165) is 22.0 Å². The highest BCUT2D eigenvalue weighted by Gasteiger charge is 2.30. The first kappa shape index (κ1) is 20.4. The van der Waals surface area contributed by atoms with Crippen molar-refractivity contribution in [3.05, 3.63) is 65.7 Å². The minimum atomic E-state index is -0.371. The zero-order valence-electron chi connectivity index (χ0n) is 17.6. The number of ether oxygens (including phenoxy) is 2. The van der Waals surface area contributed by atoms with Crippen molar-refractivity contribution in [3.8, 4) is 11.5 Å². The fourth-order valence-electron chi connectivity index (χ4n) is 3.81. The van der Waals surface area contributed by atoms with Crippen LogP contribution in [0.5, 0.6) is 11.5 Å². The molecule has 7 nitrogen and oxygen atoms in total. The zero-order chi connectivity index (χ0) is 22.0. The van der Waals surface area contributed by atoms with Gasteiger partial charge in [0.25, 0.3) is 11.8 Å². The number of hydrazone groups is 1. The Balaban J connectivity index is 1.52. The summed E-state index contributed by atoms with van der Waals surface area (Å²) in [4.78, 5) is 27.0. The summed E-state index contributed by atoms with van der Waals surface area (Å²) in [5, 5.41) is 6.15. The first-order valence-electron chi connectivity index (χ1n) is 9.98. The molecule has 1 aliphatic rings. The summed E-state index contributed by atoms with van der Waals surface area (Å²) < 4.78 is 10.6. The van der Waals surface area contributed by atoms with Gasteiger partial charge in [-0.2, -0.15) is 5.10 Å². The van der Waals surface area contributed by atoms with E-state index in [-0.39, 0.29) is 18.4 Å². The quantitative estimate of drug-likeness (QED) is 0.469. The molecule has 7 heteroatoms. The van der Waals surface area contributed by atoms with Gasteiger partial charge in [-0.25, -0.2) is 5.43 Å². The molecule has 1 aliphatic heterocycles. The van der Waals surface area contributed by atoms with Gasteiger partial charge in [0.15, 0.2) is 11.5 Å². The highest BCUT2D eigenvalue weighted by molar-refractivity contribution is 6.26. The number of nitrogens with one attached hydrogen (secondary N) is 1. The highest BCUT2D eigenvalue weighted by Crippen LogP contribution is 2.36. The molecule has 0 radical (unpaired) electrons. The maximum absolute atomic E-state index is 12.8. The van der Waals surface area contributed by atoms with E-state index < -0.39 is 0 Å². The van der Waals surface area contributed by atoms with Crippen LogP contribution in [0.15, 0.2) is 59.7 Å². The molecule has 4 rings (SSSR count). The number of benzene rings is 3. The molecule has 1 heterocycles. The van der Waals surface area contributed by atoms with E-state index in [0.29, 0.717) is 29.2 Å². The average Bonchev–Trinajstić information content (AvgIpc) is 3.07. The predicted molar refractivity (Wildman–Crippen MR) is 120 cm³/mol. The molecule has 0 aliphatic carbocycles. The van der Waals surface area contributed by atoms with E-state index in [1.54, 1.807) is 26.4 Å². The normalized spacial score (nSPS) is 12.9. The van der Waals surface area contributed by atoms with Crippen LogP contribution in [0.4, 0.5) is 5.69 Å². The van der Waals surface area contributed by atoms with Crippen molar-refractivity contribution >= 4 is 34.0 Å². The van der Waals surface area contributed by atoms with Crippen LogP contribution < -0.4 is 19.8 Å². The Morgan fingerprint density at radius 1 is 1.03 bits per heavy atom. The van der Waals surface area contributed by atoms with Gasteiger partial charge in [0.2, 0.25) is 0 Å². The molecule has 2 amide bonds. The van der Waals surface area contributed by atoms with Crippen LogP contribution >= 0.6 is 0 Å². The van der Waals surface area contributed by atoms with Crippen molar-refractivity contribution in [3.63, 3.8) is 0 Å². The minimum absolute atomic E-state index is 0.112. The molecular weight excluding hydrogens is 394 g/mol. The zero-order valence-corrected chi connectivity index (χ0v) is 17.6. The molecule has 31 heavy (non-hydrogen) atoms. The SMILES string of the molecule is CC/C(=N/NC(=O)CN1C(=O)c2cccc3cccc1c23)c1ccc(OC)c(OC)c1. The second-order valence-corrected chi connectivity index (χ2v) is 7.09. The largest absolute Gasteiger partial charge is 0.493 e. The molecule has 0 unspecified atom stereocenters. The van der Waals surface area contributed by atoms with Gasteiger partial charge in [0.1, 0.15) is 6.54 Å². The topological polar surface area (TPSA) is 80.2 Å². The third kappa shape index (κ3) is 3.70. The van der Waals surface area contributed by atoms with Gasteiger partial charge in [-0.1, -0.05) is 31.2 Å². The lowest BCUT2D eigenvalue weighted by Crippen LogP contribution is -2.37. The van der Waals surface area contributed by atoms with Crippen molar-refractivity contribution in [2.45, 2.75) is 13.3 Å². The summed E-state index contributed by atoms with van der Waals surface area (Å²) in [6.07, 6.45) is 0.600. The number of rotatable bonds is 7. The van der Waals surface area contributed by atoms with Crippen LogP contribution in [0.3, 0.4) is 0 Å². The van der Waals surface area contributed by atoms with Crippen LogP contribution in [0.1, 0.15) is 29.3 Å². The van der Waals surface area contributed by atoms with Crippen molar-refractivity contribution in [1.82, 2.24) is 5.43 Å². The lowest BCUT2D eigenvalue weighted by molar-refractivity contribution is -0.119. The maximum Gasteiger partial charge on any atom is 0.260 e. The van der Waals surface area contributed by atoms with Crippen molar-refractivity contribution < 1.29 is 19.1 Å². The Morgan fingerprint density at radius 2 is 1.77 bits per heavy atom. The summed E-state index contributed by atoms with van der Waals surface area (Å²) >= 11 is 0. The summed E-state index contributed by atoms with van der Waals surface area (Å²) in [5.41, 5.74) is 5.45. The first-order chi connectivity index (χ1) is 15.1. The third-order valence-corrected chi connectivity index (χ3v) is 5.32. The van der Waals surface area contributed by atoms with Crippen LogP contribution in [-0.2, 0) is 4.79 Å². The molecule has 158 valence electrons. The van der Waals surface area contributed by atoms with E-state index in [1.165, 1.54) is 4.90 Å². The van der Waals surface area contributed by atoms with E-state index >= 15 is 0 Å². The number of nitrogens with zero attached hydrogens (tertiary/aromatic N) is 2. The Kier molecular flexibility index (Phi) is 5.58. The lowest BCUT2D eigenvalue weighted by atomic mass is 10.1. The van der Waals surface area contributed by atoms with Crippen LogP contribution in [0, 0.1) is 0 Å². The fourth-order valence-corrected chi connectivity index (χ4v) is 3.81. The number of hydrogen-bond acceptors (Lipinski definition) is 5. The van der Waals surface area contributed by atoms with E-state index in [1.807, 2.05) is 49.4 Å². The van der Waals surface area contributed by atoms with Crippen molar-refractivity contribution in [1.29, 1.82) is 0 Å². The van der Waals surface area contributed by atoms with Gasteiger partial charge in [-0.05, 0) is 42.1 Å². The molecule has 0 bridgehead atoms. The van der Waals surface area contributed by atoms with Crippen molar-refractivity contribution in [2.75, 3.05) is 25.7 Å². The standard InChI is InChI=1S/C24H23N3O4/c1-4-18(16-11-12-20(30-2)21(13-16)31-3)25-26-22(28)14-27-19-10-6-8-15-7-5-9-17(23(15)19)24(27)29/h5-13H,4,14H2,1-3H3,(H,26,28)/b25-18-. The predicted octanol–water partition coefficient (Wildman–Crippen LogP) is 3.75. The van der Waals surface area contributed by atoms with E-state index in [9.17, 15) is 9.59 Å². The smallest absolute Gasteiger partial charge is 0.260 e. The fraction of sp³-hybridized carbons (Fsp3) is 0.208. The number of amides is 2. The minimum Gasteiger partial charge on any atom is -0.493 e. The van der Waals surface area contributed by atoms with E-state index in [2.05, 4.69) is 10.5 Å². The second kappa shape index (κ2) is 8.47. The summed E-state index contributed by atoms with van der Waals surface area (Å²) in [6.45, 7) is 1.84. The highest BCUT2D eigenvalue weighted by atomic mass is 16.5. The molecule has 1 N–H and O–H groups in total. The van der Waals surface area contributed by atoms with Crippen LogP contribution in [0.2, 0.25) is 0 Å². The molecule has 3 aromatic rings. The maximum atomic E-state index is 12.8. The molecule has 0 saturated carbocycles. The van der Waals surface area contributed by atoms with Gasteiger partial charge in [-0.15, -0.1) is 0 Å². The van der Waals surface area contributed by atoms with Crippen LogP contribution in [0.25, 0.3) is 10.8 Å². The van der Waals surface area contributed by atoms with Crippen LogP contribution in [-0.4, -0.2) is 38.3 Å². The number of carbonyl (C=O) groups is 2. The molecule has 0 aromatic heterocycles. The second-order valence-electron chi connectivity index (χ2n) is 7.09. The van der Waals surface area contributed by atoms with Gasteiger partial charge in [0, 0.05) is 16.5 Å². The number of methoxy groups -OCH3 is 2. The number of anilines is 1.